The van der Waals surface area contributed by atoms with Crippen LogP contribution in [0.15, 0.2) is 0 Å². The molecule has 0 saturated carbocycles. The molecule has 16 heavy (non-hydrogen) atoms. The van der Waals surface area contributed by atoms with Crippen molar-refractivity contribution in [2.75, 3.05) is 23.7 Å². The van der Waals surface area contributed by atoms with Crippen LogP contribution in [-0.2, 0) is 13.5 Å². The smallest absolute Gasteiger partial charge is 0.150 e. The van der Waals surface area contributed by atoms with Crippen LogP contribution in [0.25, 0.3) is 0 Å². The predicted octanol–water partition coefficient (Wildman–Crippen LogP) is 1.66. The highest BCUT2D eigenvalue weighted by Gasteiger charge is 2.29. The maximum atomic E-state index is 6.16. The fourth-order valence-electron chi connectivity index (χ4n) is 2.52. The quantitative estimate of drug-likeness (QED) is 0.827. The van der Waals surface area contributed by atoms with Gasteiger partial charge in [0.1, 0.15) is 5.82 Å². The number of rotatable bonds is 2. The van der Waals surface area contributed by atoms with Crippen LogP contribution in [0, 0.1) is 11.8 Å². The van der Waals surface area contributed by atoms with E-state index in [1.165, 1.54) is 0 Å². The number of nitrogens with two attached hydrogens (primary N) is 1. The van der Waals surface area contributed by atoms with E-state index in [4.69, 9.17) is 5.73 Å². The monoisotopic (exact) mass is 222 g/mol. The summed E-state index contributed by atoms with van der Waals surface area (Å²) in [7, 11) is 1.98. The first-order chi connectivity index (χ1) is 7.54. The number of aromatic nitrogens is 2. The van der Waals surface area contributed by atoms with E-state index in [0.717, 1.165) is 48.5 Å². The van der Waals surface area contributed by atoms with Crippen LogP contribution in [0.5, 0.6) is 0 Å². The van der Waals surface area contributed by atoms with Crippen molar-refractivity contribution < 1.29 is 0 Å². The zero-order valence-electron chi connectivity index (χ0n) is 10.7. The topological polar surface area (TPSA) is 47.1 Å². The molecule has 1 aromatic heterocycles. The van der Waals surface area contributed by atoms with Gasteiger partial charge in [-0.05, 0) is 18.3 Å². The zero-order valence-corrected chi connectivity index (χ0v) is 10.7. The van der Waals surface area contributed by atoms with Crippen molar-refractivity contribution in [2.45, 2.75) is 27.2 Å². The number of hydrogen-bond acceptors (Lipinski definition) is 3. The Labute approximate surface area is 97.4 Å². The highest BCUT2D eigenvalue weighted by Crippen LogP contribution is 2.32. The van der Waals surface area contributed by atoms with Crippen LogP contribution in [0.3, 0.4) is 0 Å². The van der Waals surface area contributed by atoms with Crippen LogP contribution in [0.1, 0.15) is 26.5 Å². The third kappa shape index (κ3) is 1.66. The van der Waals surface area contributed by atoms with Gasteiger partial charge in [-0.25, -0.2) is 0 Å². The summed E-state index contributed by atoms with van der Waals surface area (Å²) in [6.45, 7) is 8.88. The minimum absolute atomic E-state index is 0.736. The lowest BCUT2D eigenvalue weighted by Gasteiger charge is -2.19. The summed E-state index contributed by atoms with van der Waals surface area (Å²) in [5.74, 6) is 2.58. The molecule has 1 aromatic rings. The maximum Gasteiger partial charge on any atom is 0.150 e. The molecule has 2 N–H and O–H groups in total. The molecule has 1 saturated heterocycles. The van der Waals surface area contributed by atoms with Gasteiger partial charge >= 0.3 is 0 Å². The van der Waals surface area contributed by atoms with Gasteiger partial charge in [-0.15, -0.1) is 0 Å². The molecule has 2 heterocycles. The van der Waals surface area contributed by atoms with Crippen molar-refractivity contribution >= 4 is 11.5 Å². The summed E-state index contributed by atoms with van der Waals surface area (Å²) in [5, 5.41) is 4.47. The lowest BCUT2D eigenvalue weighted by molar-refractivity contribution is 0.494. The van der Waals surface area contributed by atoms with Crippen molar-refractivity contribution in [1.29, 1.82) is 0 Å². The Morgan fingerprint density at radius 1 is 1.31 bits per heavy atom. The fourth-order valence-corrected chi connectivity index (χ4v) is 2.52. The maximum absolute atomic E-state index is 6.16. The molecule has 2 rings (SSSR count). The Bertz CT molecular complexity index is 373. The number of hydrogen-bond donors (Lipinski definition) is 1. The van der Waals surface area contributed by atoms with E-state index in [2.05, 4.69) is 30.8 Å². The van der Waals surface area contributed by atoms with Crippen LogP contribution in [0.2, 0.25) is 0 Å². The van der Waals surface area contributed by atoms with Crippen molar-refractivity contribution in [3.05, 3.63) is 5.69 Å². The summed E-state index contributed by atoms with van der Waals surface area (Å²) in [6.07, 6.45) is 0.901. The van der Waals surface area contributed by atoms with Gasteiger partial charge < -0.3 is 10.6 Å². The minimum Gasteiger partial charge on any atom is -0.394 e. The molecule has 0 radical (unpaired) electrons. The molecule has 4 nitrogen and oxygen atoms in total. The molecule has 0 aliphatic carbocycles. The number of nitrogens with zero attached hydrogens (tertiary/aromatic N) is 3. The second-order valence-corrected chi connectivity index (χ2v) is 5.02. The Morgan fingerprint density at radius 2 is 1.88 bits per heavy atom. The van der Waals surface area contributed by atoms with Crippen LogP contribution in [-0.4, -0.2) is 22.9 Å². The summed E-state index contributed by atoms with van der Waals surface area (Å²) in [4.78, 5) is 2.37. The molecule has 0 aromatic carbocycles. The first-order valence-electron chi connectivity index (χ1n) is 6.10. The molecule has 2 atom stereocenters. The summed E-state index contributed by atoms with van der Waals surface area (Å²) >= 11 is 0. The summed E-state index contributed by atoms with van der Waals surface area (Å²) in [6, 6.07) is 0. The van der Waals surface area contributed by atoms with Crippen molar-refractivity contribution in [2.24, 2.45) is 18.9 Å². The summed E-state index contributed by atoms with van der Waals surface area (Å²) in [5.41, 5.74) is 8.05. The SMILES string of the molecule is CCc1nn(C)c(N2CC(C)C(C)C2)c1N. The van der Waals surface area contributed by atoms with Crippen molar-refractivity contribution in [3.63, 3.8) is 0 Å². The Kier molecular flexibility index (Phi) is 2.82. The zero-order chi connectivity index (χ0) is 11.9. The van der Waals surface area contributed by atoms with Gasteiger partial charge in [-0.2, -0.15) is 5.10 Å². The van der Waals surface area contributed by atoms with Gasteiger partial charge in [0.25, 0.3) is 0 Å². The minimum atomic E-state index is 0.736. The fraction of sp³-hybridized carbons (Fsp3) is 0.750. The van der Waals surface area contributed by atoms with Crippen molar-refractivity contribution in [1.82, 2.24) is 9.78 Å². The molecule has 0 bridgehead atoms. The van der Waals surface area contributed by atoms with E-state index in [1.807, 2.05) is 11.7 Å². The Morgan fingerprint density at radius 3 is 2.31 bits per heavy atom. The molecule has 1 aliphatic rings. The molecule has 90 valence electrons. The van der Waals surface area contributed by atoms with Gasteiger partial charge in [0.05, 0.1) is 11.4 Å². The lowest BCUT2D eigenvalue weighted by Crippen LogP contribution is -2.23. The van der Waals surface area contributed by atoms with E-state index < -0.39 is 0 Å². The van der Waals surface area contributed by atoms with Gasteiger partial charge in [-0.1, -0.05) is 20.8 Å². The normalized spacial score (nSPS) is 25.4. The molecule has 0 spiro atoms. The molecular weight excluding hydrogens is 200 g/mol. The summed E-state index contributed by atoms with van der Waals surface area (Å²) < 4.78 is 1.93. The number of anilines is 2. The van der Waals surface area contributed by atoms with Gasteiger partial charge in [0, 0.05) is 20.1 Å². The molecule has 4 heteroatoms. The first-order valence-corrected chi connectivity index (χ1v) is 6.10. The van der Waals surface area contributed by atoms with Gasteiger partial charge in [0.2, 0.25) is 0 Å². The van der Waals surface area contributed by atoms with Crippen molar-refractivity contribution in [3.8, 4) is 0 Å². The highest BCUT2D eigenvalue weighted by molar-refractivity contribution is 5.66. The van der Waals surface area contributed by atoms with E-state index in [0.29, 0.717) is 0 Å². The van der Waals surface area contributed by atoms with Gasteiger partial charge in [-0.3, -0.25) is 4.68 Å². The molecule has 2 unspecified atom stereocenters. The van der Waals surface area contributed by atoms with E-state index in [9.17, 15) is 0 Å². The highest BCUT2D eigenvalue weighted by atomic mass is 15.4. The molecule has 1 fully saturated rings. The van der Waals surface area contributed by atoms with E-state index in [1.54, 1.807) is 0 Å². The predicted molar refractivity (Wildman–Crippen MR) is 67.5 cm³/mol. The number of aryl methyl sites for hydroxylation is 2. The second kappa shape index (κ2) is 4.00. The Balaban J connectivity index is 2.31. The number of nitrogen functional groups attached to an aromatic ring is 1. The standard InChI is InChI=1S/C12H22N4/c1-5-10-11(13)12(15(4)14-10)16-6-8(2)9(3)7-16/h8-9H,5-7,13H2,1-4H3. The van der Waals surface area contributed by atoms with Gasteiger partial charge in [0.15, 0.2) is 0 Å². The third-order valence-electron chi connectivity index (χ3n) is 3.75. The average Bonchev–Trinajstić information content (AvgIpc) is 2.69. The largest absolute Gasteiger partial charge is 0.394 e. The second-order valence-electron chi connectivity index (χ2n) is 5.02. The Hall–Kier alpha value is -1.19. The molecule has 1 aliphatic heterocycles. The molecular formula is C12H22N4. The van der Waals surface area contributed by atoms with E-state index >= 15 is 0 Å². The van der Waals surface area contributed by atoms with Crippen LogP contribution in [0.4, 0.5) is 11.5 Å². The average molecular weight is 222 g/mol. The molecule has 0 amide bonds. The lowest BCUT2D eigenvalue weighted by atomic mass is 10.0. The van der Waals surface area contributed by atoms with Crippen LogP contribution < -0.4 is 10.6 Å². The van der Waals surface area contributed by atoms with Crippen LogP contribution >= 0.6 is 0 Å². The van der Waals surface area contributed by atoms with E-state index in [-0.39, 0.29) is 0 Å². The third-order valence-corrected chi connectivity index (χ3v) is 3.75. The first kappa shape index (κ1) is 11.3.